The van der Waals surface area contributed by atoms with Crippen molar-refractivity contribution in [3.8, 4) is 0 Å². The lowest BCUT2D eigenvalue weighted by Gasteiger charge is -2.24. The summed E-state index contributed by atoms with van der Waals surface area (Å²) in [6.45, 7) is 1.20. The molecule has 1 aliphatic carbocycles. The normalized spacial score (nSPS) is 19.9. The van der Waals surface area contributed by atoms with Crippen LogP contribution in [0.4, 0.5) is 0 Å². The van der Waals surface area contributed by atoms with Crippen molar-refractivity contribution in [1.29, 1.82) is 0 Å². The summed E-state index contributed by atoms with van der Waals surface area (Å²) in [5, 5.41) is 9.38. The highest BCUT2D eigenvalue weighted by atomic mass is 32.2. The first-order chi connectivity index (χ1) is 9.42. The smallest absolute Gasteiger partial charge is 0.323 e. The molecule has 0 amide bonds. The van der Waals surface area contributed by atoms with E-state index in [1.54, 1.807) is 0 Å². The van der Waals surface area contributed by atoms with Gasteiger partial charge in [0, 0.05) is 4.88 Å². The molecule has 1 aromatic rings. The molecule has 0 aliphatic heterocycles. The number of carboxylic acid groups (broad SMARTS) is 1. The van der Waals surface area contributed by atoms with Crippen molar-refractivity contribution < 1.29 is 18.3 Å². The molecule has 0 saturated heterocycles. The standard InChI is InChI=1S/C13H19NO4S2/c1-9(13(15)16)20(17,18)14-12(10-5-2-3-6-10)11-7-4-8-19-11/h4,7-10,12,14H,2-3,5-6H2,1H3,(H,15,16). The second-order valence-corrected chi connectivity index (χ2v) is 8.19. The molecule has 2 rings (SSSR count). The van der Waals surface area contributed by atoms with E-state index in [0.717, 1.165) is 30.6 Å². The van der Waals surface area contributed by atoms with Crippen LogP contribution in [0, 0.1) is 5.92 Å². The third-order valence-corrected chi connectivity index (χ3v) is 6.50. The van der Waals surface area contributed by atoms with Gasteiger partial charge in [0.05, 0.1) is 6.04 Å². The maximum atomic E-state index is 12.1. The van der Waals surface area contributed by atoms with Gasteiger partial charge in [-0.3, -0.25) is 4.79 Å². The molecule has 1 saturated carbocycles. The lowest BCUT2D eigenvalue weighted by molar-refractivity contribution is -0.136. The summed E-state index contributed by atoms with van der Waals surface area (Å²) in [6, 6.07) is 3.49. The Labute approximate surface area is 123 Å². The average Bonchev–Trinajstić information content (AvgIpc) is 3.07. The fraction of sp³-hybridized carbons (Fsp3) is 0.615. The summed E-state index contributed by atoms with van der Waals surface area (Å²) < 4.78 is 26.9. The number of hydrogen-bond donors (Lipinski definition) is 2. The molecule has 5 nitrogen and oxygen atoms in total. The van der Waals surface area contributed by atoms with Crippen molar-refractivity contribution in [2.45, 2.75) is 43.9 Å². The van der Waals surface area contributed by atoms with Gasteiger partial charge < -0.3 is 5.11 Å². The Bertz CT molecular complexity index is 547. The van der Waals surface area contributed by atoms with Crippen molar-refractivity contribution in [3.63, 3.8) is 0 Å². The van der Waals surface area contributed by atoms with Crippen LogP contribution in [-0.4, -0.2) is 24.7 Å². The van der Waals surface area contributed by atoms with Crippen LogP contribution in [0.2, 0.25) is 0 Å². The number of sulfonamides is 1. The highest BCUT2D eigenvalue weighted by Gasteiger charge is 2.35. The van der Waals surface area contributed by atoms with Gasteiger partial charge in [0.25, 0.3) is 0 Å². The first kappa shape index (κ1) is 15.5. The van der Waals surface area contributed by atoms with Crippen LogP contribution in [0.25, 0.3) is 0 Å². The predicted octanol–water partition coefficient (Wildman–Crippen LogP) is 2.37. The fourth-order valence-corrected chi connectivity index (χ4v) is 4.64. The minimum Gasteiger partial charge on any atom is -0.480 e. The third kappa shape index (κ3) is 3.39. The maximum absolute atomic E-state index is 12.1. The third-order valence-electron chi connectivity index (χ3n) is 3.83. The summed E-state index contributed by atoms with van der Waals surface area (Å²) >= 11 is 1.50. The topological polar surface area (TPSA) is 83.5 Å². The lowest BCUT2D eigenvalue weighted by atomic mass is 9.98. The first-order valence-electron chi connectivity index (χ1n) is 6.69. The van der Waals surface area contributed by atoms with E-state index in [4.69, 9.17) is 5.11 Å². The molecule has 0 aromatic carbocycles. The monoisotopic (exact) mass is 317 g/mol. The van der Waals surface area contributed by atoms with E-state index in [9.17, 15) is 13.2 Å². The number of carboxylic acids is 1. The molecule has 2 atom stereocenters. The molecule has 0 bridgehead atoms. The van der Waals surface area contributed by atoms with Gasteiger partial charge in [-0.1, -0.05) is 18.9 Å². The number of carbonyl (C=O) groups is 1. The van der Waals surface area contributed by atoms with Crippen molar-refractivity contribution in [2.24, 2.45) is 5.92 Å². The molecule has 1 heterocycles. The van der Waals surface area contributed by atoms with Crippen LogP contribution in [0.1, 0.15) is 43.5 Å². The van der Waals surface area contributed by atoms with Gasteiger partial charge in [0.1, 0.15) is 0 Å². The average molecular weight is 317 g/mol. The van der Waals surface area contributed by atoms with E-state index in [1.807, 2.05) is 17.5 Å². The van der Waals surface area contributed by atoms with Crippen LogP contribution in [0.3, 0.4) is 0 Å². The van der Waals surface area contributed by atoms with Gasteiger partial charge in [0.2, 0.25) is 10.0 Å². The minimum absolute atomic E-state index is 0.254. The zero-order chi connectivity index (χ0) is 14.8. The molecule has 2 N–H and O–H groups in total. The van der Waals surface area contributed by atoms with E-state index in [1.165, 1.54) is 18.3 Å². The summed E-state index contributed by atoms with van der Waals surface area (Å²) in [7, 11) is -3.87. The molecule has 1 fully saturated rings. The highest BCUT2D eigenvalue weighted by Crippen LogP contribution is 2.37. The summed E-state index contributed by atoms with van der Waals surface area (Å²) in [5.41, 5.74) is 0. The van der Waals surface area contributed by atoms with E-state index in [2.05, 4.69) is 4.72 Å². The Kier molecular flexibility index (Phi) is 4.82. The Morgan fingerprint density at radius 3 is 2.60 bits per heavy atom. The number of aliphatic carboxylic acids is 1. The Morgan fingerprint density at radius 2 is 2.10 bits per heavy atom. The van der Waals surface area contributed by atoms with E-state index in [-0.39, 0.29) is 12.0 Å². The SMILES string of the molecule is CC(C(=O)O)S(=O)(=O)NC(c1cccs1)C1CCCC1. The van der Waals surface area contributed by atoms with Gasteiger partial charge in [-0.25, -0.2) is 13.1 Å². The zero-order valence-electron chi connectivity index (χ0n) is 11.3. The van der Waals surface area contributed by atoms with Gasteiger partial charge in [-0.2, -0.15) is 0 Å². The predicted molar refractivity (Wildman–Crippen MR) is 78.2 cm³/mol. The molecular formula is C13H19NO4S2. The van der Waals surface area contributed by atoms with E-state index < -0.39 is 21.2 Å². The van der Waals surface area contributed by atoms with Gasteiger partial charge >= 0.3 is 5.97 Å². The summed E-state index contributed by atoms with van der Waals surface area (Å²) in [6.07, 6.45) is 4.16. The van der Waals surface area contributed by atoms with Crippen molar-refractivity contribution in [2.75, 3.05) is 0 Å². The molecule has 2 unspecified atom stereocenters. The maximum Gasteiger partial charge on any atom is 0.323 e. The number of thiophene rings is 1. The van der Waals surface area contributed by atoms with Crippen LogP contribution in [-0.2, 0) is 14.8 Å². The Balaban J connectivity index is 2.22. The van der Waals surface area contributed by atoms with Crippen LogP contribution >= 0.6 is 11.3 Å². The second-order valence-electron chi connectivity index (χ2n) is 5.18. The van der Waals surface area contributed by atoms with Crippen molar-refractivity contribution in [3.05, 3.63) is 22.4 Å². The summed E-state index contributed by atoms with van der Waals surface area (Å²) in [4.78, 5) is 11.9. The van der Waals surface area contributed by atoms with Gasteiger partial charge in [-0.05, 0) is 37.1 Å². The van der Waals surface area contributed by atoms with Crippen molar-refractivity contribution in [1.82, 2.24) is 4.72 Å². The molecular weight excluding hydrogens is 298 g/mol. The molecule has 1 aliphatic rings. The first-order valence-corrected chi connectivity index (χ1v) is 9.12. The Morgan fingerprint density at radius 1 is 1.45 bits per heavy atom. The summed E-state index contributed by atoms with van der Waals surface area (Å²) in [5.74, 6) is -1.07. The van der Waals surface area contributed by atoms with Crippen LogP contribution in [0.15, 0.2) is 17.5 Å². The quantitative estimate of drug-likeness (QED) is 0.843. The molecule has 7 heteroatoms. The van der Waals surface area contributed by atoms with Gasteiger partial charge in [-0.15, -0.1) is 11.3 Å². The molecule has 112 valence electrons. The fourth-order valence-electron chi connectivity index (χ4n) is 2.56. The number of rotatable bonds is 6. The van der Waals surface area contributed by atoms with E-state index in [0.29, 0.717) is 0 Å². The van der Waals surface area contributed by atoms with Crippen LogP contribution in [0.5, 0.6) is 0 Å². The lowest BCUT2D eigenvalue weighted by Crippen LogP contribution is -2.41. The number of nitrogens with one attached hydrogen (secondary N) is 1. The minimum atomic E-state index is -3.87. The molecule has 0 radical (unpaired) electrons. The second kappa shape index (κ2) is 6.24. The van der Waals surface area contributed by atoms with E-state index >= 15 is 0 Å². The molecule has 1 aromatic heterocycles. The van der Waals surface area contributed by atoms with Crippen molar-refractivity contribution >= 4 is 27.3 Å². The largest absolute Gasteiger partial charge is 0.480 e. The zero-order valence-corrected chi connectivity index (χ0v) is 12.9. The van der Waals surface area contributed by atoms with Gasteiger partial charge in [0.15, 0.2) is 5.25 Å². The highest BCUT2D eigenvalue weighted by molar-refractivity contribution is 7.90. The Hall–Kier alpha value is -0.920. The molecule has 0 spiro atoms. The molecule has 20 heavy (non-hydrogen) atoms. The number of hydrogen-bond acceptors (Lipinski definition) is 4. The van der Waals surface area contributed by atoms with Crippen LogP contribution < -0.4 is 4.72 Å².